The molecule has 1 aromatic carbocycles. The van der Waals surface area contributed by atoms with Gasteiger partial charge in [-0.3, -0.25) is 9.48 Å². The van der Waals surface area contributed by atoms with Crippen molar-refractivity contribution in [2.75, 3.05) is 19.8 Å². The van der Waals surface area contributed by atoms with Crippen LogP contribution in [0.25, 0.3) is 43.9 Å². The molecule has 5 aromatic rings. The first-order chi connectivity index (χ1) is 20.3. The Balaban J connectivity index is 1.65. The second-order valence-electron chi connectivity index (χ2n) is 9.79. The minimum atomic E-state index is -0.841. The number of aryl methyl sites for hydroxylation is 1. The Kier molecular flexibility index (Phi) is 7.25. The lowest BCUT2D eigenvalue weighted by Crippen LogP contribution is -2.40. The SMILES string of the molecule is C=CC(=O)N1CCn2nc(-c3nc(-c4cnc(C)nc4)c4ccsc4c3-c3c(F)cc(F)cc3OCCO)cc2[C@@H]1C. The Morgan fingerprint density at radius 1 is 1.19 bits per heavy atom. The fourth-order valence-electron chi connectivity index (χ4n) is 5.28. The maximum atomic E-state index is 15.8. The Hall–Kier alpha value is -4.55. The third-order valence-electron chi connectivity index (χ3n) is 7.24. The normalized spacial score (nSPS) is 14.7. The number of aliphatic hydroxyl groups is 1. The van der Waals surface area contributed by atoms with Gasteiger partial charge in [0.15, 0.2) is 0 Å². The number of halogens is 2. The quantitative estimate of drug-likeness (QED) is 0.256. The zero-order chi connectivity index (χ0) is 29.5. The molecule has 0 bridgehead atoms. The van der Waals surface area contributed by atoms with Crippen LogP contribution in [0.3, 0.4) is 0 Å². The van der Waals surface area contributed by atoms with Gasteiger partial charge >= 0.3 is 0 Å². The van der Waals surface area contributed by atoms with Gasteiger partial charge in [0.25, 0.3) is 0 Å². The van der Waals surface area contributed by atoms with Crippen molar-refractivity contribution in [2.24, 2.45) is 0 Å². The van der Waals surface area contributed by atoms with Crippen molar-refractivity contribution in [2.45, 2.75) is 26.4 Å². The lowest BCUT2D eigenvalue weighted by molar-refractivity contribution is -0.129. The van der Waals surface area contributed by atoms with Crippen molar-refractivity contribution in [3.05, 3.63) is 77.8 Å². The highest BCUT2D eigenvalue weighted by molar-refractivity contribution is 7.18. The third kappa shape index (κ3) is 4.72. The average Bonchev–Trinajstić information content (AvgIpc) is 3.64. The number of amides is 1. The number of nitrogens with zero attached hydrogens (tertiary/aromatic N) is 6. The fraction of sp³-hybridized carbons (Fsp3) is 0.233. The summed E-state index contributed by atoms with van der Waals surface area (Å²) in [6.45, 7) is 7.71. The first kappa shape index (κ1) is 27.6. The molecule has 0 aliphatic carbocycles. The highest BCUT2D eigenvalue weighted by Gasteiger charge is 2.31. The van der Waals surface area contributed by atoms with Crippen LogP contribution in [0.2, 0.25) is 0 Å². The predicted octanol–water partition coefficient (Wildman–Crippen LogP) is 5.33. The van der Waals surface area contributed by atoms with Crippen molar-refractivity contribution >= 4 is 27.3 Å². The Morgan fingerprint density at radius 2 is 1.98 bits per heavy atom. The second-order valence-corrected chi connectivity index (χ2v) is 10.7. The topological polar surface area (TPSA) is 106 Å². The van der Waals surface area contributed by atoms with Crippen molar-refractivity contribution in [1.82, 2.24) is 29.6 Å². The monoisotopic (exact) mass is 588 g/mol. The van der Waals surface area contributed by atoms with Gasteiger partial charge in [-0.1, -0.05) is 6.58 Å². The molecule has 9 nitrogen and oxygen atoms in total. The van der Waals surface area contributed by atoms with Gasteiger partial charge < -0.3 is 14.7 Å². The van der Waals surface area contributed by atoms with Crippen LogP contribution >= 0.6 is 11.3 Å². The molecule has 1 atom stereocenters. The van der Waals surface area contributed by atoms with Gasteiger partial charge in [-0.2, -0.15) is 5.10 Å². The molecule has 1 aliphatic rings. The molecule has 0 unspecified atom stereocenters. The number of carbonyl (C=O) groups excluding carboxylic acids is 1. The van der Waals surface area contributed by atoms with Crippen LogP contribution in [0.5, 0.6) is 5.75 Å². The molecule has 214 valence electrons. The smallest absolute Gasteiger partial charge is 0.246 e. The highest BCUT2D eigenvalue weighted by Crippen LogP contribution is 2.47. The largest absolute Gasteiger partial charge is 0.490 e. The van der Waals surface area contributed by atoms with E-state index in [-0.39, 0.29) is 36.5 Å². The van der Waals surface area contributed by atoms with E-state index in [1.54, 1.807) is 24.2 Å². The zero-order valence-corrected chi connectivity index (χ0v) is 23.7. The summed E-state index contributed by atoms with van der Waals surface area (Å²) in [6, 6.07) is 5.31. The van der Waals surface area contributed by atoms with Crippen LogP contribution in [0, 0.1) is 18.6 Å². The Bertz CT molecular complexity index is 1840. The summed E-state index contributed by atoms with van der Waals surface area (Å²) in [4.78, 5) is 27.9. The average molecular weight is 589 g/mol. The standard InChI is InChI=1S/C30H26F2N6O3S/c1-4-25(40)37-6-7-38-23(16(37)2)13-22(36-38)29-27(26-21(32)11-19(31)12-24(26)41-9-8-39)30-20(5-10-42-30)28(35-29)18-14-33-17(3)34-15-18/h4-5,10-16,39H,1,6-9H2,2-3H3/t16-/m0/s1. The van der Waals surface area contributed by atoms with Crippen molar-refractivity contribution in [3.63, 3.8) is 0 Å². The van der Waals surface area contributed by atoms with E-state index in [9.17, 15) is 14.3 Å². The first-order valence-electron chi connectivity index (χ1n) is 13.2. The van der Waals surface area contributed by atoms with E-state index in [2.05, 4.69) is 16.5 Å². The number of ether oxygens (including phenoxy) is 1. The maximum Gasteiger partial charge on any atom is 0.246 e. The third-order valence-corrected chi connectivity index (χ3v) is 8.17. The van der Waals surface area contributed by atoms with Gasteiger partial charge in [0.05, 0.1) is 36.1 Å². The summed E-state index contributed by atoms with van der Waals surface area (Å²) in [6.07, 6.45) is 4.64. The van der Waals surface area contributed by atoms with Crippen molar-refractivity contribution in [1.29, 1.82) is 0 Å². The molecule has 0 saturated carbocycles. The molecule has 42 heavy (non-hydrogen) atoms. The molecular weight excluding hydrogens is 562 g/mol. The fourth-order valence-corrected chi connectivity index (χ4v) is 6.22. The van der Waals surface area contributed by atoms with Gasteiger partial charge in [-0.15, -0.1) is 11.3 Å². The molecule has 1 N–H and O–H groups in total. The van der Waals surface area contributed by atoms with Crippen LogP contribution in [-0.2, 0) is 11.3 Å². The lowest BCUT2D eigenvalue weighted by Gasteiger charge is -2.33. The zero-order valence-electron chi connectivity index (χ0n) is 22.8. The summed E-state index contributed by atoms with van der Waals surface area (Å²) in [7, 11) is 0. The number of benzene rings is 1. The van der Waals surface area contributed by atoms with Crippen LogP contribution < -0.4 is 4.74 Å². The summed E-state index contributed by atoms with van der Waals surface area (Å²) in [5.41, 5.74) is 3.19. The number of aromatic nitrogens is 5. The van der Waals surface area contributed by atoms with Crippen molar-refractivity contribution in [3.8, 4) is 39.5 Å². The molecule has 1 amide bonds. The molecule has 5 heterocycles. The Morgan fingerprint density at radius 3 is 2.71 bits per heavy atom. The number of hydrogen-bond donors (Lipinski definition) is 1. The van der Waals surface area contributed by atoms with Gasteiger partial charge in [0, 0.05) is 52.3 Å². The van der Waals surface area contributed by atoms with E-state index in [0.29, 0.717) is 51.8 Å². The number of thiophene rings is 1. The van der Waals surface area contributed by atoms with E-state index >= 15 is 4.39 Å². The molecule has 0 fully saturated rings. The van der Waals surface area contributed by atoms with Gasteiger partial charge in [0.1, 0.15) is 41.2 Å². The Labute approximate surface area is 243 Å². The lowest BCUT2D eigenvalue weighted by atomic mass is 9.96. The highest BCUT2D eigenvalue weighted by atomic mass is 32.1. The number of carbonyl (C=O) groups is 1. The summed E-state index contributed by atoms with van der Waals surface area (Å²) in [5, 5.41) is 16.8. The van der Waals surface area contributed by atoms with Gasteiger partial charge in [0.2, 0.25) is 5.91 Å². The van der Waals surface area contributed by atoms with E-state index in [4.69, 9.17) is 14.8 Å². The van der Waals surface area contributed by atoms with Gasteiger partial charge in [-0.25, -0.2) is 23.7 Å². The molecule has 6 rings (SSSR count). The minimum Gasteiger partial charge on any atom is -0.490 e. The molecule has 0 radical (unpaired) electrons. The van der Waals surface area contributed by atoms with E-state index in [1.165, 1.54) is 17.4 Å². The molecular formula is C30H26F2N6O3S. The van der Waals surface area contributed by atoms with Crippen LogP contribution in [0.15, 0.2) is 54.7 Å². The van der Waals surface area contributed by atoms with E-state index in [0.717, 1.165) is 23.2 Å². The van der Waals surface area contributed by atoms with Crippen LogP contribution in [0.1, 0.15) is 24.5 Å². The first-order valence-corrected chi connectivity index (χ1v) is 14.1. The van der Waals surface area contributed by atoms with E-state index < -0.39 is 11.6 Å². The van der Waals surface area contributed by atoms with Crippen molar-refractivity contribution < 1.29 is 23.4 Å². The molecule has 12 heteroatoms. The number of pyridine rings is 1. The predicted molar refractivity (Wildman–Crippen MR) is 155 cm³/mol. The molecule has 0 saturated heterocycles. The second kappa shape index (κ2) is 11.0. The molecule has 0 spiro atoms. The molecule has 4 aromatic heterocycles. The summed E-state index contributed by atoms with van der Waals surface area (Å²) < 4.78 is 38.3. The minimum absolute atomic E-state index is 0.00832. The van der Waals surface area contributed by atoms with Crippen LogP contribution in [-0.4, -0.2) is 60.4 Å². The number of fused-ring (bicyclic) bond motifs is 2. The maximum absolute atomic E-state index is 15.8. The van der Waals surface area contributed by atoms with Crippen LogP contribution in [0.4, 0.5) is 8.78 Å². The summed E-state index contributed by atoms with van der Waals surface area (Å²) >= 11 is 1.37. The molecule has 1 aliphatic heterocycles. The number of rotatable bonds is 7. The number of hydrogen-bond acceptors (Lipinski definition) is 8. The summed E-state index contributed by atoms with van der Waals surface area (Å²) in [5.74, 6) is -1.30. The van der Waals surface area contributed by atoms with Gasteiger partial charge in [-0.05, 0) is 37.4 Å². The number of aliphatic hydroxyl groups excluding tert-OH is 1. The van der Waals surface area contributed by atoms with E-state index in [1.807, 2.05) is 29.1 Å².